The number of nitrogens with one attached hydrogen (secondary N) is 1. The van der Waals surface area contributed by atoms with Crippen molar-refractivity contribution >= 4 is 11.6 Å². The van der Waals surface area contributed by atoms with Crippen LogP contribution in [0, 0.1) is 6.92 Å². The SMILES string of the molecule is Cc1cc(C(=O)Nc2ccc(CCN)cc2)no1. The summed E-state index contributed by atoms with van der Waals surface area (Å²) in [6.45, 7) is 2.36. The van der Waals surface area contributed by atoms with Crippen LogP contribution in [0.25, 0.3) is 0 Å². The van der Waals surface area contributed by atoms with Crippen molar-refractivity contribution < 1.29 is 9.32 Å². The Kier molecular flexibility index (Phi) is 3.74. The number of anilines is 1. The maximum absolute atomic E-state index is 11.8. The van der Waals surface area contributed by atoms with E-state index in [-0.39, 0.29) is 11.6 Å². The molecule has 2 rings (SSSR count). The van der Waals surface area contributed by atoms with Gasteiger partial charge in [-0.2, -0.15) is 0 Å². The molecule has 3 N–H and O–H groups in total. The van der Waals surface area contributed by atoms with Gasteiger partial charge in [0.05, 0.1) is 0 Å². The van der Waals surface area contributed by atoms with E-state index in [0.717, 1.165) is 17.7 Å². The Bertz CT molecular complexity index is 531. The minimum atomic E-state index is -0.279. The summed E-state index contributed by atoms with van der Waals surface area (Å²) in [6.07, 6.45) is 0.830. The fraction of sp³-hybridized carbons (Fsp3) is 0.231. The summed E-state index contributed by atoms with van der Waals surface area (Å²) in [5.74, 6) is 0.330. The summed E-state index contributed by atoms with van der Waals surface area (Å²) in [7, 11) is 0. The number of benzene rings is 1. The number of hydrogen-bond donors (Lipinski definition) is 2. The highest BCUT2D eigenvalue weighted by Gasteiger charge is 2.10. The molecule has 1 amide bonds. The molecule has 0 bridgehead atoms. The highest BCUT2D eigenvalue weighted by molar-refractivity contribution is 6.02. The van der Waals surface area contributed by atoms with Gasteiger partial charge in [-0.25, -0.2) is 0 Å². The van der Waals surface area contributed by atoms with E-state index in [9.17, 15) is 4.79 Å². The first-order chi connectivity index (χ1) is 8.69. The van der Waals surface area contributed by atoms with E-state index >= 15 is 0 Å². The van der Waals surface area contributed by atoms with Crippen LogP contribution >= 0.6 is 0 Å². The molecule has 0 saturated carbocycles. The molecule has 0 spiro atoms. The van der Waals surface area contributed by atoms with E-state index in [1.807, 2.05) is 24.3 Å². The third-order valence-electron chi connectivity index (χ3n) is 2.51. The molecule has 94 valence electrons. The van der Waals surface area contributed by atoms with Gasteiger partial charge in [0.2, 0.25) is 0 Å². The second kappa shape index (κ2) is 5.46. The molecule has 2 aromatic rings. The third-order valence-corrected chi connectivity index (χ3v) is 2.51. The quantitative estimate of drug-likeness (QED) is 0.859. The Hall–Kier alpha value is -2.14. The molecular formula is C13H15N3O2. The first-order valence-corrected chi connectivity index (χ1v) is 5.72. The van der Waals surface area contributed by atoms with Crippen LogP contribution in [0.1, 0.15) is 21.8 Å². The van der Waals surface area contributed by atoms with Crippen molar-refractivity contribution in [1.82, 2.24) is 5.16 Å². The minimum Gasteiger partial charge on any atom is -0.361 e. The summed E-state index contributed by atoms with van der Waals surface area (Å²) in [4.78, 5) is 11.8. The summed E-state index contributed by atoms with van der Waals surface area (Å²) < 4.78 is 4.85. The van der Waals surface area contributed by atoms with Crippen molar-refractivity contribution in [3.8, 4) is 0 Å². The topological polar surface area (TPSA) is 81.2 Å². The molecule has 0 fully saturated rings. The van der Waals surface area contributed by atoms with E-state index in [1.54, 1.807) is 13.0 Å². The molecule has 5 nitrogen and oxygen atoms in total. The fourth-order valence-corrected chi connectivity index (χ4v) is 1.59. The lowest BCUT2D eigenvalue weighted by molar-refractivity contribution is 0.101. The van der Waals surface area contributed by atoms with Gasteiger partial charge in [0, 0.05) is 11.8 Å². The molecule has 0 aliphatic heterocycles. The van der Waals surface area contributed by atoms with E-state index < -0.39 is 0 Å². The van der Waals surface area contributed by atoms with Crippen LogP contribution in [0.5, 0.6) is 0 Å². The van der Waals surface area contributed by atoms with Gasteiger partial charge in [0.1, 0.15) is 5.76 Å². The van der Waals surface area contributed by atoms with Crippen LogP contribution in [-0.2, 0) is 6.42 Å². The van der Waals surface area contributed by atoms with E-state index in [0.29, 0.717) is 12.3 Å². The minimum absolute atomic E-state index is 0.276. The van der Waals surface area contributed by atoms with Gasteiger partial charge in [-0.05, 0) is 37.6 Å². The highest BCUT2D eigenvalue weighted by atomic mass is 16.5. The number of carbonyl (C=O) groups excluding carboxylic acids is 1. The molecule has 18 heavy (non-hydrogen) atoms. The Balaban J connectivity index is 2.03. The van der Waals surface area contributed by atoms with Crippen LogP contribution in [0.2, 0.25) is 0 Å². The molecule has 0 saturated heterocycles. The zero-order valence-electron chi connectivity index (χ0n) is 10.1. The van der Waals surface area contributed by atoms with Gasteiger partial charge < -0.3 is 15.6 Å². The molecule has 1 heterocycles. The standard InChI is InChI=1S/C13H15N3O2/c1-9-8-12(16-18-9)13(17)15-11-4-2-10(3-5-11)6-7-14/h2-5,8H,6-7,14H2,1H3,(H,15,17). The summed E-state index contributed by atoms with van der Waals surface area (Å²) in [5, 5.41) is 6.40. The van der Waals surface area contributed by atoms with Gasteiger partial charge >= 0.3 is 0 Å². The number of amides is 1. The number of nitrogens with zero attached hydrogens (tertiary/aromatic N) is 1. The molecule has 0 atom stereocenters. The predicted molar refractivity (Wildman–Crippen MR) is 68.4 cm³/mol. The summed E-state index contributed by atoms with van der Waals surface area (Å²) in [6, 6.07) is 9.16. The lowest BCUT2D eigenvalue weighted by Crippen LogP contribution is -2.12. The van der Waals surface area contributed by atoms with Gasteiger partial charge in [0.15, 0.2) is 5.69 Å². The lowest BCUT2D eigenvalue weighted by Gasteiger charge is -2.04. The summed E-state index contributed by atoms with van der Waals surface area (Å²) in [5.41, 5.74) is 7.62. The zero-order chi connectivity index (χ0) is 13.0. The molecular weight excluding hydrogens is 230 g/mol. The average molecular weight is 245 g/mol. The zero-order valence-corrected chi connectivity index (χ0v) is 10.1. The second-order valence-corrected chi connectivity index (χ2v) is 4.01. The smallest absolute Gasteiger partial charge is 0.277 e. The second-order valence-electron chi connectivity index (χ2n) is 4.01. The van der Waals surface area contributed by atoms with Crippen LogP contribution in [0.4, 0.5) is 5.69 Å². The number of aromatic nitrogens is 1. The summed E-state index contributed by atoms with van der Waals surface area (Å²) >= 11 is 0. The van der Waals surface area contributed by atoms with Crippen molar-refractivity contribution in [3.63, 3.8) is 0 Å². The molecule has 0 radical (unpaired) electrons. The normalized spacial score (nSPS) is 10.3. The van der Waals surface area contributed by atoms with E-state index in [2.05, 4.69) is 10.5 Å². The van der Waals surface area contributed by atoms with Crippen molar-refractivity contribution in [2.75, 3.05) is 11.9 Å². The maximum Gasteiger partial charge on any atom is 0.277 e. The van der Waals surface area contributed by atoms with Crippen molar-refractivity contribution in [2.45, 2.75) is 13.3 Å². The Morgan fingerprint density at radius 1 is 1.39 bits per heavy atom. The van der Waals surface area contributed by atoms with Gasteiger partial charge in [-0.15, -0.1) is 0 Å². The third kappa shape index (κ3) is 2.95. The molecule has 0 aliphatic carbocycles. The van der Waals surface area contributed by atoms with E-state index in [1.165, 1.54) is 0 Å². The number of carbonyl (C=O) groups is 1. The van der Waals surface area contributed by atoms with Crippen LogP contribution < -0.4 is 11.1 Å². The van der Waals surface area contributed by atoms with Crippen LogP contribution in [-0.4, -0.2) is 17.6 Å². The maximum atomic E-state index is 11.8. The highest BCUT2D eigenvalue weighted by Crippen LogP contribution is 2.11. The Morgan fingerprint density at radius 2 is 2.11 bits per heavy atom. The monoisotopic (exact) mass is 245 g/mol. The first-order valence-electron chi connectivity index (χ1n) is 5.72. The number of hydrogen-bond acceptors (Lipinski definition) is 4. The van der Waals surface area contributed by atoms with Crippen molar-refractivity contribution in [3.05, 3.63) is 47.3 Å². The Morgan fingerprint density at radius 3 is 2.67 bits per heavy atom. The number of aryl methyl sites for hydroxylation is 1. The first kappa shape index (κ1) is 12.3. The predicted octanol–water partition coefficient (Wildman–Crippen LogP) is 1.74. The van der Waals surface area contributed by atoms with Crippen LogP contribution in [0.3, 0.4) is 0 Å². The molecule has 5 heteroatoms. The molecule has 1 aromatic carbocycles. The largest absolute Gasteiger partial charge is 0.361 e. The van der Waals surface area contributed by atoms with Crippen LogP contribution in [0.15, 0.2) is 34.9 Å². The van der Waals surface area contributed by atoms with Gasteiger partial charge in [-0.3, -0.25) is 4.79 Å². The van der Waals surface area contributed by atoms with Gasteiger partial charge in [0.25, 0.3) is 5.91 Å². The van der Waals surface area contributed by atoms with Crippen molar-refractivity contribution in [2.24, 2.45) is 5.73 Å². The number of rotatable bonds is 4. The molecule has 0 unspecified atom stereocenters. The fourth-order valence-electron chi connectivity index (χ4n) is 1.59. The number of nitrogens with two attached hydrogens (primary N) is 1. The molecule has 0 aliphatic rings. The van der Waals surface area contributed by atoms with E-state index in [4.69, 9.17) is 10.3 Å². The average Bonchev–Trinajstić information content (AvgIpc) is 2.79. The van der Waals surface area contributed by atoms with Gasteiger partial charge in [-0.1, -0.05) is 17.3 Å². The molecule has 1 aromatic heterocycles. The lowest BCUT2D eigenvalue weighted by atomic mass is 10.1. The Labute approximate surface area is 105 Å². The van der Waals surface area contributed by atoms with Crippen molar-refractivity contribution in [1.29, 1.82) is 0 Å².